The number of benzene rings is 3. The van der Waals surface area contributed by atoms with Crippen molar-refractivity contribution in [2.24, 2.45) is 0 Å². The molecule has 1 aliphatic carbocycles. The van der Waals surface area contributed by atoms with Gasteiger partial charge in [0.1, 0.15) is 36.3 Å². The van der Waals surface area contributed by atoms with Gasteiger partial charge in [0.25, 0.3) is 0 Å². The summed E-state index contributed by atoms with van der Waals surface area (Å²) in [5, 5.41) is 0. The summed E-state index contributed by atoms with van der Waals surface area (Å²) in [4.78, 5) is 13.3. The Morgan fingerprint density at radius 2 is 1.70 bits per heavy atom. The molecular formula is C36H40F3NO4. The zero-order valence-corrected chi connectivity index (χ0v) is 25.8. The molecule has 0 N–H and O–H groups in total. The van der Waals surface area contributed by atoms with Gasteiger partial charge in [-0.15, -0.1) is 0 Å². The molecule has 1 heterocycles. The number of carbonyl (C=O) groups is 1. The van der Waals surface area contributed by atoms with Crippen LogP contribution in [0.15, 0.2) is 66.2 Å². The second-order valence-electron chi connectivity index (χ2n) is 12.2. The van der Waals surface area contributed by atoms with Crippen LogP contribution in [0, 0.1) is 11.6 Å². The number of nitrogens with zero attached hydrogens (tertiary/aromatic N) is 1. The Morgan fingerprint density at radius 3 is 2.39 bits per heavy atom. The van der Waals surface area contributed by atoms with Crippen molar-refractivity contribution in [1.82, 2.24) is 4.90 Å². The zero-order valence-electron chi connectivity index (χ0n) is 25.8. The van der Waals surface area contributed by atoms with Crippen LogP contribution in [0.25, 0.3) is 5.57 Å². The molecule has 0 unspecified atom stereocenters. The summed E-state index contributed by atoms with van der Waals surface area (Å²) in [6.07, 6.45) is 1.90. The van der Waals surface area contributed by atoms with Crippen molar-refractivity contribution in [3.8, 4) is 5.75 Å². The Labute approximate surface area is 257 Å². The van der Waals surface area contributed by atoms with E-state index in [1.165, 1.54) is 26.0 Å². The molecule has 0 spiro atoms. The molecule has 0 fully saturated rings. The van der Waals surface area contributed by atoms with E-state index in [0.29, 0.717) is 32.5 Å². The third-order valence-corrected chi connectivity index (χ3v) is 8.21. The van der Waals surface area contributed by atoms with Gasteiger partial charge in [0.2, 0.25) is 0 Å². The van der Waals surface area contributed by atoms with E-state index in [1.54, 1.807) is 6.92 Å². The van der Waals surface area contributed by atoms with Crippen LogP contribution in [0.3, 0.4) is 0 Å². The molecule has 0 saturated heterocycles. The quantitative estimate of drug-likeness (QED) is 0.157. The van der Waals surface area contributed by atoms with E-state index < -0.39 is 23.3 Å². The summed E-state index contributed by atoms with van der Waals surface area (Å²) in [5.41, 5.74) is 4.54. The van der Waals surface area contributed by atoms with E-state index >= 15 is 13.2 Å². The van der Waals surface area contributed by atoms with Crippen LogP contribution in [0.1, 0.15) is 68.0 Å². The lowest BCUT2D eigenvalue weighted by molar-refractivity contribution is -0.148. The average Bonchev–Trinajstić information content (AvgIpc) is 3.33. The van der Waals surface area contributed by atoms with Crippen LogP contribution in [-0.4, -0.2) is 48.9 Å². The third-order valence-electron chi connectivity index (χ3n) is 8.21. The number of hydrogen-bond donors (Lipinski definition) is 0. The summed E-state index contributed by atoms with van der Waals surface area (Å²) in [7, 11) is 0. The van der Waals surface area contributed by atoms with Crippen molar-refractivity contribution >= 4 is 11.5 Å². The highest BCUT2D eigenvalue weighted by Gasteiger charge is 2.43. The molecule has 0 amide bonds. The number of alkyl halides is 1. The second-order valence-corrected chi connectivity index (χ2v) is 12.2. The maximum absolute atomic E-state index is 15.9. The fourth-order valence-electron chi connectivity index (χ4n) is 6.27. The first-order valence-electron chi connectivity index (χ1n) is 15.2. The van der Waals surface area contributed by atoms with E-state index in [1.807, 2.05) is 48.2 Å². The normalized spacial score (nSPS) is 18.2. The molecule has 8 heteroatoms. The molecule has 5 rings (SSSR count). The van der Waals surface area contributed by atoms with Gasteiger partial charge in [0.15, 0.2) is 0 Å². The summed E-state index contributed by atoms with van der Waals surface area (Å²) < 4.78 is 62.9. The van der Waals surface area contributed by atoms with Gasteiger partial charge in [-0.2, -0.15) is 0 Å². The Hall–Kier alpha value is -3.62. The lowest BCUT2D eigenvalue weighted by atomic mass is 9.84. The highest BCUT2D eigenvalue weighted by Crippen LogP contribution is 2.50. The maximum atomic E-state index is 15.9. The molecule has 0 radical (unpaired) electrons. The summed E-state index contributed by atoms with van der Waals surface area (Å²) in [6.45, 7) is 7.55. The van der Waals surface area contributed by atoms with E-state index in [-0.39, 0.29) is 43.1 Å². The van der Waals surface area contributed by atoms with Crippen molar-refractivity contribution in [3.05, 3.63) is 106 Å². The molecule has 5 nitrogen and oxygen atoms in total. The summed E-state index contributed by atoms with van der Waals surface area (Å²) in [6, 6.07) is 17.3. The van der Waals surface area contributed by atoms with Gasteiger partial charge in [-0.1, -0.05) is 48.5 Å². The summed E-state index contributed by atoms with van der Waals surface area (Å²) in [5.74, 6) is -1.71. The first kappa shape index (κ1) is 31.8. The topological polar surface area (TPSA) is 48.0 Å². The molecule has 1 aliphatic heterocycles. The van der Waals surface area contributed by atoms with Crippen molar-refractivity contribution < 1.29 is 32.2 Å². The lowest BCUT2D eigenvalue weighted by Crippen LogP contribution is -2.47. The molecule has 0 bridgehead atoms. The highest BCUT2D eigenvalue weighted by atomic mass is 19.1. The number of ether oxygens (including phenoxy) is 3. The van der Waals surface area contributed by atoms with E-state index in [0.717, 1.165) is 33.4 Å². The van der Waals surface area contributed by atoms with Gasteiger partial charge in [0.05, 0.1) is 19.3 Å². The number of carbonyl (C=O) groups excluding carboxylic acids is 1. The minimum Gasteiger partial charge on any atom is -0.489 e. The fraction of sp³-hybridized carbons (Fsp3) is 0.417. The third kappa shape index (κ3) is 7.36. The van der Waals surface area contributed by atoms with Crippen LogP contribution < -0.4 is 4.74 Å². The van der Waals surface area contributed by atoms with Crippen molar-refractivity contribution in [2.75, 3.05) is 26.4 Å². The molecule has 0 aromatic heterocycles. The maximum Gasteiger partial charge on any atom is 0.332 e. The molecule has 3 aromatic rings. The Bertz CT molecular complexity index is 1490. The van der Waals surface area contributed by atoms with E-state index in [2.05, 4.69) is 12.1 Å². The average molecular weight is 608 g/mol. The van der Waals surface area contributed by atoms with Gasteiger partial charge < -0.3 is 14.2 Å². The molecule has 3 aromatic carbocycles. The molecule has 0 saturated carbocycles. The Balaban J connectivity index is 1.30. The first-order valence-corrected chi connectivity index (χ1v) is 15.2. The van der Waals surface area contributed by atoms with Gasteiger partial charge in [-0.05, 0) is 80.4 Å². The van der Waals surface area contributed by atoms with Crippen LogP contribution in [-0.2, 0) is 33.7 Å². The van der Waals surface area contributed by atoms with Crippen molar-refractivity contribution in [3.63, 3.8) is 0 Å². The van der Waals surface area contributed by atoms with Crippen LogP contribution in [0.2, 0.25) is 0 Å². The summed E-state index contributed by atoms with van der Waals surface area (Å²) >= 11 is 0. The molecule has 44 heavy (non-hydrogen) atoms. The smallest absolute Gasteiger partial charge is 0.332 e. The lowest BCUT2D eigenvalue weighted by Gasteiger charge is -2.44. The van der Waals surface area contributed by atoms with Gasteiger partial charge in [-0.25, -0.2) is 18.0 Å². The molecule has 234 valence electrons. The minimum absolute atomic E-state index is 0.0522. The molecule has 2 atom stereocenters. The number of halogens is 3. The van der Waals surface area contributed by atoms with E-state index in [9.17, 15) is 4.79 Å². The number of esters is 1. The second kappa shape index (κ2) is 13.6. The van der Waals surface area contributed by atoms with Crippen molar-refractivity contribution in [2.45, 2.75) is 71.3 Å². The van der Waals surface area contributed by atoms with Crippen LogP contribution in [0.4, 0.5) is 13.2 Å². The predicted molar refractivity (Wildman–Crippen MR) is 164 cm³/mol. The number of fused-ring (bicyclic) bond motifs is 2. The van der Waals surface area contributed by atoms with Crippen LogP contribution >= 0.6 is 0 Å². The monoisotopic (exact) mass is 607 g/mol. The zero-order chi connectivity index (χ0) is 31.4. The highest BCUT2D eigenvalue weighted by molar-refractivity contribution is 5.79. The molecular weight excluding hydrogens is 567 g/mol. The van der Waals surface area contributed by atoms with Crippen LogP contribution in [0.5, 0.6) is 5.75 Å². The van der Waals surface area contributed by atoms with Gasteiger partial charge in [0, 0.05) is 30.3 Å². The van der Waals surface area contributed by atoms with Gasteiger partial charge in [-0.3, -0.25) is 4.90 Å². The van der Waals surface area contributed by atoms with E-state index in [4.69, 9.17) is 14.2 Å². The Morgan fingerprint density at radius 1 is 1.02 bits per heavy atom. The minimum atomic E-state index is -1.54. The van der Waals surface area contributed by atoms with Gasteiger partial charge >= 0.3 is 5.97 Å². The largest absolute Gasteiger partial charge is 0.489 e. The molecule has 2 aliphatic rings. The Kier molecular flexibility index (Phi) is 9.81. The SMILES string of the molecule is CCOC(=O)COCCc1ccc(COc2cc(F)c([C@@H]3C4=C(C[C@@H](C)N3CC(C)(C)F)c3ccccc3C4)c(F)c2)cc1. The number of hydrogen-bond acceptors (Lipinski definition) is 5. The number of rotatable bonds is 12. The predicted octanol–water partition coefficient (Wildman–Crippen LogP) is 7.56. The standard InChI is InChI=1S/C36H40F3NO4/c1-5-43-33(41)21-42-15-14-24-10-12-25(13-11-24)20-44-27-18-31(37)34(32(38)19-27)35-30-17-26-8-6-7-9-28(26)29(30)16-23(2)40(35)22-36(3,4)39/h6-13,18-19,23,35H,5,14-17,20-22H2,1-4H3/t23-,35+/m1/s1. The fourth-order valence-corrected chi connectivity index (χ4v) is 6.27. The first-order chi connectivity index (χ1) is 21.0. The van der Waals surface area contributed by atoms with Crippen molar-refractivity contribution in [1.29, 1.82) is 0 Å².